The molecule has 0 saturated carbocycles. The van der Waals surface area contributed by atoms with Gasteiger partial charge in [-0.2, -0.15) is 0 Å². The number of aromatic nitrogens is 3. The molecule has 30 heavy (non-hydrogen) atoms. The summed E-state index contributed by atoms with van der Waals surface area (Å²) in [5, 5.41) is 0. The molecule has 4 rings (SSSR count). The molecule has 9 heteroatoms. The number of ether oxygens (including phenoxy) is 6. The minimum atomic E-state index is 0.0275. The van der Waals surface area contributed by atoms with E-state index in [0.717, 1.165) is 19.3 Å². The summed E-state index contributed by atoms with van der Waals surface area (Å²) in [5.41, 5.74) is 0.0826. The van der Waals surface area contributed by atoms with Crippen LogP contribution < -0.4 is 14.2 Å². The number of hydrogen-bond donors (Lipinski definition) is 0. The summed E-state index contributed by atoms with van der Waals surface area (Å²) in [6.07, 6.45) is 2.93. The third kappa shape index (κ3) is 4.48. The van der Waals surface area contributed by atoms with Gasteiger partial charge in [0, 0.05) is 0 Å². The third-order valence-corrected chi connectivity index (χ3v) is 6.80. The second-order valence-electron chi connectivity index (χ2n) is 9.09. The third-order valence-electron chi connectivity index (χ3n) is 6.80. The zero-order chi connectivity index (χ0) is 21.1. The highest BCUT2D eigenvalue weighted by molar-refractivity contribution is 5.10. The van der Waals surface area contributed by atoms with Crippen molar-refractivity contribution in [3.05, 3.63) is 0 Å². The van der Waals surface area contributed by atoms with Gasteiger partial charge < -0.3 is 28.4 Å². The fourth-order valence-corrected chi connectivity index (χ4v) is 3.51. The van der Waals surface area contributed by atoms with Crippen LogP contribution in [0.3, 0.4) is 0 Å². The van der Waals surface area contributed by atoms with Crippen LogP contribution in [-0.2, 0) is 14.2 Å². The molecular weight excluding hydrogens is 390 g/mol. The Morgan fingerprint density at radius 2 is 0.833 bits per heavy atom. The fourth-order valence-electron chi connectivity index (χ4n) is 3.51. The summed E-state index contributed by atoms with van der Waals surface area (Å²) in [4.78, 5) is 13.1. The summed E-state index contributed by atoms with van der Waals surface area (Å²) >= 11 is 0. The molecule has 3 saturated heterocycles. The van der Waals surface area contributed by atoms with Crippen LogP contribution in [0.1, 0.15) is 40.0 Å². The Morgan fingerprint density at radius 3 is 1.00 bits per heavy atom. The smallest absolute Gasteiger partial charge is 0.325 e. The zero-order valence-electron chi connectivity index (χ0n) is 18.3. The topological polar surface area (TPSA) is 94.1 Å². The molecule has 3 fully saturated rings. The molecule has 1 aromatic rings. The van der Waals surface area contributed by atoms with E-state index in [0.29, 0.717) is 59.5 Å². The Kier molecular flexibility index (Phi) is 6.31. The van der Waals surface area contributed by atoms with Gasteiger partial charge in [-0.05, 0) is 19.3 Å². The van der Waals surface area contributed by atoms with Gasteiger partial charge in [0.2, 0.25) is 0 Å². The molecule has 0 amide bonds. The highest BCUT2D eigenvalue weighted by Crippen LogP contribution is 2.34. The molecule has 0 radical (unpaired) electrons. The van der Waals surface area contributed by atoms with Crippen LogP contribution in [0.25, 0.3) is 0 Å². The van der Waals surface area contributed by atoms with E-state index < -0.39 is 0 Å². The summed E-state index contributed by atoms with van der Waals surface area (Å²) in [5.74, 6) is 0. The second-order valence-corrected chi connectivity index (χ2v) is 9.09. The second kappa shape index (κ2) is 8.80. The predicted molar refractivity (Wildman–Crippen MR) is 107 cm³/mol. The lowest BCUT2D eigenvalue weighted by Gasteiger charge is -2.40. The first kappa shape index (κ1) is 21.5. The monoisotopic (exact) mass is 423 g/mol. The standard InChI is InChI=1S/C21H33N3O6/c1-4-19(7-25-8-19)13-28-16-22-17(29-14-20(5-2)9-26-10-20)24-18(23-16)30-15-21(6-3)11-27-12-21/h4-15H2,1-3H3. The van der Waals surface area contributed by atoms with E-state index in [1.165, 1.54) is 0 Å². The summed E-state index contributed by atoms with van der Waals surface area (Å²) in [6, 6.07) is 0.668. The molecule has 9 nitrogen and oxygen atoms in total. The largest absolute Gasteiger partial charge is 0.462 e. The van der Waals surface area contributed by atoms with Crippen LogP contribution in [0.15, 0.2) is 0 Å². The Morgan fingerprint density at radius 1 is 0.567 bits per heavy atom. The zero-order valence-corrected chi connectivity index (χ0v) is 18.3. The fraction of sp³-hybridized carbons (Fsp3) is 0.857. The van der Waals surface area contributed by atoms with E-state index in [1.807, 2.05) is 0 Å². The molecule has 168 valence electrons. The summed E-state index contributed by atoms with van der Waals surface area (Å²) < 4.78 is 33.9. The van der Waals surface area contributed by atoms with Gasteiger partial charge in [0.1, 0.15) is 19.8 Å². The lowest BCUT2D eigenvalue weighted by atomic mass is 9.84. The van der Waals surface area contributed by atoms with Crippen LogP contribution in [0.2, 0.25) is 0 Å². The number of rotatable bonds is 12. The van der Waals surface area contributed by atoms with Crippen molar-refractivity contribution in [2.75, 3.05) is 59.5 Å². The van der Waals surface area contributed by atoms with E-state index in [4.69, 9.17) is 28.4 Å². The molecule has 4 heterocycles. The molecule has 0 unspecified atom stereocenters. The average molecular weight is 424 g/mol. The van der Waals surface area contributed by atoms with Gasteiger partial charge in [-0.15, -0.1) is 15.0 Å². The quantitative estimate of drug-likeness (QED) is 0.502. The molecule has 0 aliphatic carbocycles. The van der Waals surface area contributed by atoms with Gasteiger partial charge in [0.05, 0.1) is 55.9 Å². The van der Waals surface area contributed by atoms with Crippen LogP contribution in [0.4, 0.5) is 0 Å². The van der Waals surface area contributed by atoms with E-state index in [-0.39, 0.29) is 34.3 Å². The van der Waals surface area contributed by atoms with Crippen LogP contribution >= 0.6 is 0 Å². The van der Waals surface area contributed by atoms with Gasteiger partial charge in [-0.3, -0.25) is 0 Å². The first-order valence-corrected chi connectivity index (χ1v) is 10.9. The van der Waals surface area contributed by atoms with Gasteiger partial charge in [0.25, 0.3) is 0 Å². The number of hydrogen-bond acceptors (Lipinski definition) is 9. The predicted octanol–water partition coefficient (Wildman–Crippen LogP) is 2.29. The Balaban J connectivity index is 1.44. The van der Waals surface area contributed by atoms with Gasteiger partial charge in [-0.1, -0.05) is 20.8 Å². The first-order chi connectivity index (χ1) is 14.5. The molecule has 1 aromatic heterocycles. The van der Waals surface area contributed by atoms with E-state index >= 15 is 0 Å². The molecule has 0 bridgehead atoms. The minimum absolute atomic E-state index is 0.0275. The van der Waals surface area contributed by atoms with Gasteiger partial charge in [0.15, 0.2) is 0 Å². The van der Waals surface area contributed by atoms with E-state index in [1.54, 1.807) is 0 Å². The highest BCUT2D eigenvalue weighted by atomic mass is 16.6. The van der Waals surface area contributed by atoms with Crippen molar-refractivity contribution in [3.8, 4) is 18.0 Å². The van der Waals surface area contributed by atoms with Crippen molar-refractivity contribution < 1.29 is 28.4 Å². The highest BCUT2D eigenvalue weighted by Gasteiger charge is 2.40. The lowest BCUT2D eigenvalue weighted by molar-refractivity contribution is -0.137. The molecule has 0 spiro atoms. The van der Waals surface area contributed by atoms with Crippen molar-refractivity contribution in [1.29, 1.82) is 0 Å². The minimum Gasteiger partial charge on any atom is -0.462 e. The lowest BCUT2D eigenvalue weighted by Crippen LogP contribution is -2.47. The molecule has 0 aromatic carbocycles. The SMILES string of the molecule is CCC1(COc2nc(OCC3(CC)COC3)nc(OCC3(CC)COC3)n2)COC1. The maximum Gasteiger partial charge on any atom is 0.325 e. The van der Waals surface area contributed by atoms with Crippen molar-refractivity contribution in [1.82, 2.24) is 15.0 Å². The van der Waals surface area contributed by atoms with E-state index in [9.17, 15) is 0 Å². The van der Waals surface area contributed by atoms with Crippen molar-refractivity contribution in [3.63, 3.8) is 0 Å². The summed E-state index contributed by atoms with van der Waals surface area (Å²) in [7, 11) is 0. The molecule has 3 aliphatic rings. The maximum absolute atomic E-state index is 5.93. The van der Waals surface area contributed by atoms with Crippen LogP contribution in [-0.4, -0.2) is 74.4 Å². The van der Waals surface area contributed by atoms with Crippen LogP contribution in [0.5, 0.6) is 18.0 Å². The number of nitrogens with zero attached hydrogens (tertiary/aromatic N) is 3. The normalized spacial score (nSPS) is 22.9. The molecule has 0 atom stereocenters. The summed E-state index contributed by atoms with van der Waals surface area (Å²) in [6.45, 7) is 12.0. The maximum atomic E-state index is 5.93. The van der Waals surface area contributed by atoms with Crippen molar-refractivity contribution in [2.45, 2.75) is 40.0 Å². The van der Waals surface area contributed by atoms with Gasteiger partial charge in [-0.25, -0.2) is 0 Å². The molecule has 0 N–H and O–H groups in total. The van der Waals surface area contributed by atoms with Crippen LogP contribution in [0, 0.1) is 16.2 Å². The van der Waals surface area contributed by atoms with E-state index in [2.05, 4.69) is 35.7 Å². The average Bonchev–Trinajstić information content (AvgIpc) is 2.66. The first-order valence-electron chi connectivity index (χ1n) is 10.9. The van der Waals surface area contributed by atoms with Crippen molar-refractivity contribution >= 4 is 0 Å². The van der Waals surface area contributed by atoms with Gasteiger partial charge >= 0.3 is 18.0 Å². The molecule has 3 aliphatic heterocycles. The Labute approximate surface area is 177 Å². The Bertz CT molecular complexity index is 595. The molecular formula is C21H33N3O6. The Hall–Kier alpha value is -1.71. The van der Waals surface area contributed by atoms with Crippen molar-refractivity contribution in [2.24, 2.45) is 16.2 Å².